The number of nitrogens with one attached hydrogen (secondary N) is 4. The average molecular weight is 486 g/mol. The van der Waals surface area contributed by atoms with E-state index in [1.807, 2.05) is 6.92 Å². The normalized spacial score (nSPS) is 15.1. The topological polar surface area (TPSA) is 197 Å². The number of unbranched alkanes of at least 4 members (excludes halogenated alkanes) is 1. The van der Waals surface area contributed by atoms with Gasteiger partial charge in [-0.05, 0) is 45.1 Å². The Balaban J connectivity index is 5.47. The first kappa shape index (κ1) is 31.0. The number of carboxylic acid groups (broad SMARTS) is 1. The Labute approximate surface area is 200 Å². The quantitative estimate of drug-likeness (QED) is 0.114. The van der Waals surface area contributed by atoms with Crippen molar-refractivity contribution in [1.29, 1.82) is 0 Å². The van der Waals surface area contributed by atoms with Crippen LogP contribution in [0, 0.1) is 5.92 Å². The standard InChI is InChI=1S/C22H39N5O7/c1-5-13(2)19(22(34)25-16(12-28)8-6-7-11-23)27-21(33)17(9-10-18(30)31)26-20(32)14(3)24-15(4)29/h12-14,16-17,19H,5-11,23H2,1-4H3,(H,24,29)(H,25,34)(H,26,32)(H,27,33)(H,30,31). The van der Waals surface area contributed by atoms with Crippen molar-refractivity contribution >= 4 is 35.9 Å². The van der Waals surface area contributed by atoms with E-state index >= 15 is 0 Å². The predicted molar refractivity (Wildman–Crippen MR) is 124 cm³/mol. The molecule has 0 bridgehead atoms. The fraction of sp³-hybridized carbons (Fsp3) is 0.727. The molecule has 0 aromatic carbocycles. The van der Waals surface area contributed by atoms with Gasteiger partial charge in [0.05, 0.1) is 6.04 Å². The maximum Gasteiger partial charge on any atom is 0.303 e. The smallest absolute Gasteiger partial charge is 0.303 e. The monoisotopic (exact) mass is 485 g/mol. The van der Waals surface area contributed by atoms with E-state index in [0.717, 1.165) is 0 Å². The molecule has 0 aromatic heterocycles. The highest BCUT2D eigenvalue weighted by molar-refractivity contribution is 5.94. The number of carbonyl (C=O) groups excluding carboxylic acids is 5. The molecule has 0 heterocycles. The molecule has 7 N–H and O–H groups in total. The molecule has 5 unspecified atom stereocenters. The number of carbonyl (C=O) groups is 6. The van der Waals surface area contributed by atoms with Crippen molar-refractivity contribution in [2.45, 2.75) is 90.4 Å². The molecule has 0 aliphatic rings. The SMILES string of the molecule is CCC(C)C(NC(=O)C(CCC(=O)O)NC(=O)C(C)NC(C)=O)C(=O)NC(C=O)CCCCN. The molecule has 0 rings (SSSR count). The first-order chi connectivity index (χ1) is 16.0. The summed E-state index contributed by atoms with van der Waals surface area (Å²) in [6, 6.07) is -3.94. The number of hydrogen-bond donors (Lipinski definition) is 6. The first-order valence-electron chi connectivity index (χ1n) is 11.5. The lowest BCUT2D eigenvalue weighted by atomic mass is 9.97. The molecule has 194 valence electrons. The van der Waals surface area contributed by atoms with E-state index in [-0.39, 0.29) is 12.3 Å². The van der Waals surface area contributed by atoms with Crippen LogP contribution in [-0.2, 0) is 28.8 Å². The van der Waals surface area contributed by atoms with Gasteiger partial charge in [0, 0.05) is 13.3 Å². The first-order valence-corrected chi connectivity index (χ1v) is 11.5. The van der Waals surface area contributed by atoms with E-state index in [1.165, 1.54) is 13.8 Å². The number of rotatable bonds is 17. The number of carboxylic acids is 1. The van der Waals surface area contributed by atoms with Gasteiger partial charge in [0.25, 0.3) is 0 Å². The van der Waals surface area contributed by atoms with Crippen molar-refractivity contribution in [3.63, 3.8) is 0 Å². The van der Waals surface area contributed by atoms with Crippen molar-refractivity contribution in [3.05, 3.63) is 0 Å². The molecule has 0 aromatic rings. The van der Waals surface area contributed by atoms with Crippen molar-refractivity contribution in [2.75, 3.05) is 6.54 Å². The summed E-state index contributed by atoms with van der Waals surface area (Å²) in [4.78, 5) is 71.8. The Hall–Kier alpha value is -3.02. The molecule has 34 heavy (non-hydrogen) atoms. The van der Waals surface area contributed by atoms with Gasteiger partial charge < -0.3 is 36.9 Å². The number of nitrogens with two attached hydrogens (primary N) is 1. The van der Waals surface area contributed by atoms with Crippen molar-refractivity contribution in [3.8, 4) is 0 Å². The summed E-state index contributed by atoms with van der Waals surface area (Å²) in [6.07, 6.45) is 2.30. The average Bonchev–Trinajstić information content (AvgIpc) is 2.77. The van der Waals surface area contributed by atoms with Crippen LogP contribution < -0.4 is 27.0 Å². The van der Waals surface area contributed by atoms with Crippen LogP contribution in [0.5, 0.6) is 0 Å². The lowest BCUT2D eigenvalue weighted by Crippen LogP contribution is -2.58. The zero-order chi connectivity index (χ0) is 26.3. The van der Waals surface area contributed by atoms with Gasteiger partial charge >= 0.3 is 5.97 Å². The maximum absolute atomic E-state index is 13.0. The number of aliphatic carboxylic acids is 1. The van der Waals surface area contributed by atoms with Crippen LogP contribution in [0.2, 0.25) is 0 Å². The summed E-state index contributed by atoms with van der Waals surface area (Å²) in [5.41, 5.74) is 5.46. The number of amides is 4. The molecular weight excluding hydrogens is 446 g/mol. The van der Waals surface area contributed by atoms with Gasteiger partial charge in [-0.2, -0.15) is 0 Å². The molecule has 0 spiro atoms. The fourth-order valence-corrected chi connectivity index (χ4v) is 3.11. The van der Waals surface area contributed by atoms with Crippen molar-refractivity contribution in [2.24, 2.45) is 11.7 Å². The largest absolute Gasteiger partial charge is 0.481 e. The number of hydrogen-bond acceptors (Lipinski definition) is 7. The number of aldehydes is 1. The van der Waals surface area contributed by atoms with E-state index in [0.29, 0.717) is 38.5 Å². The Morgan fingerprint density at radius 3 is 2.06 bits per heavy atom. The molecule has 0 aliphatic carbocycles. The van der Waals surface area contributed by atoms with Gasteiger partial charge in [-0.1, -0.05) is 20.3 Å². The van der Waals surface area contributed by atoms with Gasteiger partial charge in [-0.25, -0.2) is 0 Å². The van der Waals surface area contributed by atoms with Gasteiger partial charge in [-0.15, -0.1) is 0 Å². The van der Waals surface area contributed by atoms with E-state index in [4.69, 9.17) is 10.8 Å². The molecule has 5 atom stereocenters. The van der Waals surface area contributed by atoms with Crippen molar-refractivity contribution in [1.82, 2.24) is 21.3 Å². The molecule has 0 saturated carbocycles. The third-order valence-electron chi connectivity index (χ3n) is 5.35. The van der Waals surface area contributed by atoms with E-state index < -0.39 is 60.2 Å². The lowest BCUT2D eigenvalue weighted by Gasteiger charge is -2.28. The zero-order valence-corrected chi connectivity index (χ0v) is 20.4. The van der Waals surface area contributed by atoms with Crippen molar-refractivity contribution < 1.29 is 33.9 Å². The van der Waals surface area contributed by atoms with E-state index in [2.05, 4.69) is 21.3 Å². The van der Waals surface area contributed by atoms with Crippen LogP contribution in [0.3, 0.4) is 0 Å². The van der Waals surface area contributed by atoms with Crippen LogP contribution in [0.1, 0.15) is 66.2 Å². The zero-order valence-electron chi connectivity index (χ0n) is 20.4. The lowest BCUT2D eigenvalue weighted by molar-refractivity contribution is -0.138. The predicted octanol–water partition coefficient (Wildman–Crippen LogP) is -0.796. The van der Waals surface area contributed by atoms with Crippen LogP contribution in [-0.4, -0.2) is 71.7 Å². The third kappa shape index (κ3) is 12.3. The summed E-state index contributed by atoms with van der Waals surface area (Å²) in [7, 11) is 0. The maximum atomic E-state index is 13.0. The third-order valence-corrected chi connectivity index (χ3v) is 5.35. The van der Waals surface area contributed by atoms with Gasteiger partial charge in [0.15, 0.2) is 0 Å². The minimum atomic E-state index is -1.24. The summed E-state index contributed by atoms with van der Waals surface area (Å²) in [5, 5.41) is 19.0. The highest BCUT2D eigenvalue weighted by Gasteiger charge is 2.31. The molecule has 12 heteroatoms. The van der Waals surface area contributed by atoms with Crippen LogP contribution in [0.4, 0.5) is 0 Å². The molecule has 0 fully saturated rings. The molecular formula is C22H39N5O7. The highest BCUT2D eigenvalue weighted by Crippen LogP contribution is 2.11. The van der Waals surface area contributed by atoms with Crippen LogP contribution >= 0.6 is 0 Å². The summed E-state index contributed by atoms with van der Waals surface area (Å²) in [6.45, 7) is 6.70. The van der Waals surface area contributed by atoms with Gasteiger partial charge in [0.2, 0.25) is 23.6 Å². The van der Waals surface area contributed by atoms with E-state index in [1.54, 1.807) is 6.92 Å². The Morgan fingerprint density at radius 2 is 1.56 bits per heavy atom. The summed E-state index contributed by atoms with van der Waals surface area (Å²) >= 11 is 0. The second-order valence-corrected chi connectivity index (χ2v) is 8.32. The molecule has 0 aliphatic heterocycles. The van der Waals surface area contributed by atoms with Gasteiger partial charge in [-0.3, -0.25) is 24.0 Å². The summed E-state index contributed by atoms with van der Waals surface area (Å²) < 4.78 is 0. The molecule has 12 nitrogen and oxygen atoms in total. The van der Waals surface area contributed by atoms with Crippen LogP contribution in [0.15, 0.2) is 0 Å². The van der Waals surface area contributed by atoms with E-state index in [9.17, 15) is 28.8 Å². The second kappa shape index (κ2) is 16.6. The Bertz CT molecular complexity index is 716. The summed E-state index contributed by atoms with van der Waals surface area (Å²) in [5.74, 6) is -3.89. The molecule has 0 saturated heterocycles. The minimum absolute atomic E-state index is 0.218. The van der Waals surface area contributed by atoms with Gasteiger partial charge in [0.1, 0.15) is 24.4 Å². The Kier molecular flexibility index (Phi) is 15.1. The fourth-order valence-electron chi connectivity index (χ4n) is 3.11. The minimum Gasteiger partial charge on any atom is -0.481 e. The second-order valence-electron chi connectivity index (χ2n) is 8.32. The molecule has 0 radical (unpaired) electrons. The Morgan fingerprint density at radius 1 is 0.912 bits per heavy atom. The molecule has 4 amide bonds. The highest BCUT2D eigenvalue weighted by atomic mass is 16.4. The van der Waals surface area contributed by atoms with Crippen LogP contribution in [0.25, 0.3) is 0 Å².